The minimum Gasteiger partial charge on any atom is -0.520 e. The quantitative estimate of drug-likeness (QED) is 0.334. The van der Waals surface area contributed by atoms with Crippen molar-refractivity contribution in [2.75, 3.05) is 45.9 Å². The molecule has 0 radical (unpaired) electrons. The van der Waals surface area contributed by atoms with Crippen molar-refractivity contribution in [2.45, 2.75) is 32.4 Å². The molecule has 0 saturated carbocycles. The van der Waals surface area contributed by atoms with Gasteiger partial charge in [0.15, 0.2) is 0 Å². The van der Waals surface area contributed by atoms with Gasteiger partial charge in [-0.2, -0.15) is 18.2 Å². The molecule has 0 spiro atoms. The number of carbonyl (C=O) groups is 2. The van der Waals surface area contributed by atoms with E-state index in [2.05, 4.69) is 15.9 Å². The maximum atomic E-state index is 12.3. The molecular weight excluding hydrogens is 745 g/mol. The third kappa shape index (κ3) is 9.05. The second kappa shape index (κ2) is 13.5. The number of hydrogen-bond donors (Lipinski definition) is 0. The molecule has 0 bridgehead atoms. The number of rotatable bonds is 5. The minimum atomic E-state index is -0.601. The van der Waals surface area contributed by atoms with Crippen LogP contribution in [0.15, 0.2) is 22.7 Å². The van der Waals surface area contributed by atoms with Crippen LogP contribution in [0.1, 0.15) is 31.1 Å². The maximum Gasteiger partial charge on any atom is 0.410 e. The Morgan fingerprint density at radius 2 is 1.88 bits per heavy atom. The van der Waals surface area contributed by atoms with Crippen LogP contribution in [0.4, 0.5) is 4.79 Å². The average molecular weight is 775 g/mol. The summed E-state index contributed by atoms with van der Waals surface area (Å²) in [6, 6.07) is 4.45. The molecule has 2 amide bonds. The summed E-state index contributed by atoms with van der Waals surface area (Å²) < 4.78 is 16.6. The van der Waals surface area contributed by atoms with E-state index in [0.717, 1.165) is 0 Å². The number of benzene rings is 1. The van der Waals surface area contributed by atoms with Gasteiger partial charge in [-0.05, 0) is 67.4 Å². The Kier molecular flexibility index (Phi) is 12.2. The first-order valence-corrected chi connectivity index (χ1v) is 12.0. The van der Waals surface area contributed by atoms with Crippen LogP contribution < -0.4 is 4.74 Å². The van der Waals surface area contributed by atoms with Crippen LogP contribution in [0.25, 0.3) is 0 Å². The van der Waals surface area contributed by atoms with Gasteiger partial charge in [0.2, 0.25) is 0 Å². The molecule has 0 aliphatic carbocycles. The molecule has 1 fully saturated rings. The molecule has 1 aromatic rings. The topological polar surface area (TPSA) is 85.4 Å². The molecule has 1 aliphatic rings. The van der Waals surface area contributed by atoms with E-state index in [1.165, 1.54) is 12.0 Å². The number of esters is 1. The monoisotopic (exact) mass is 774 g/mol. The maximum absolute atomic E-state index is 12.3. The molecule has 0 N–H and O–H groups in total. The first kappa shape index (κ1) is 29.1. The Balaban J connectivity index is 0.00000227. The van der Waals surface area contributed by atoms with Crippen molar-refractivity contribution in [2.24, 2.45) is 0 Å². The third-order valence-corrected chi connectivity index (χ3v) is 4.69. The van der Waals surface area contributed by atoms with Crippen molar-refractivity contribution in [3.8, 4) is 5.75 Å². The number of halogens is 1. The van der Waals surface area contributed by atoms with Crippen LogP contribution in [0.3, 0.4) is 0 Å². The van der Waals surface area contributed by atoms with Gasteiger partial charge in [-0.25, -0.2) is 9.59 Å². The Morgan fingerprint density at radius 1 is 1.25 bits per heavy atom. The molecule has 32 heavy (non-hydrogen) atoms. The minimum absolute atomic E-state index is 0. The summed E-state index contributed by atoms with van der Waals surface area (Å²) in [7, 11) is 1.30. The molecule has 0 aromatic heterocycles. The van der Waals surface area contributed by atoms with Crippen LogP contribution in [0.5, 0.6) is 5.75 Å². The molecule has 1 aliphatic heterocycles. The van der Waals surface area contributed by atoms with Gasteiger partial charge in [-0.1, -0.05) is 0 Å². The fraction of sp³-hybridized carbons (Fsp3) is 0.571. The molecular formula is C21H30BrFmN2O6S-. The van der Waals surface area contributed by atoms with Crippen molar-refractivity contribution in [3.05, 3.63) is 28.2 Å². The molecule has 11 heteroatoms. The van der Waals surface area contributed by atoms with E-state index < -0.39 is 23.7 Å². The van der Waals surface area contributed by atoms with Crippen molar-refractivity contribution in [1.82, 2.24) is 9.80 Å². The Bertz CT molecular complexity index is 762. The van der Waals surface area contributed by atoms with Crippen molar-refractivity contribution in [1.29, 1.82) is 0 Å². The second-order valence-corrected chi connectivity index (χ2v) is 9.39. The van der Waals surface area contributed by atoms with Gasteiger partial charge < -0.3 is 28.8 Å². The SMILES string of the molecule is COC(=O)c1ccc(Br)c(OCC2CN(C(=O)OC(C)(C)C)CCN2[C-]=O)c1.CSC.[Fm]. The summed E-state index contributed by atoms with van der Waals surface area (Å²) in [4.78, 5) is 38.3. The summed E-state index contributed by atoms with van der Waals surface area (Å²) in [6.45, 7) is 6.48. The molecule has 1 saturated heterocycles. The summed E-state index contributed by atoms with van der Waals surface area (Å²) in [6.07, 6.45) is 5.54. The van der Waals surface area contributed by atoms with E-state index in [1.807, 2.05) is 18.9 Å². The van der Waals surface area contributed by atoms with E-state index >= 15 is 0 Å². The van der Waals surface area contributed by atoms with Crippen molar-refractivity contribution < 1.29 is 28.6 Å². The second-order valence-electron chi connectivity index (χ2n) is 7.72. The first-order valence-electron chi connectivity index (χ1n) is 9.59. The molecule has 186 valence electrons. The van der Waals surface area contributed by atoms with E-state index in [4.69, 9.17) is 14.2 Å². The number of methoxy groups -OCH3 is 1. The Morgan fingerprint density at radius 3 is 2.41 bits per heavy atom. The molecule has 1 unspecified atom stereocenters. The van der Waals surface area contributed by atoms with Gasteiger partial charge in [0.1, 0.15) is 18.0 Å². The van der Waals surface area contributed by atoms with Gasteiger partial charge >= 0.3 is 12.1 Å². The summed E-state index contributed by atoms with van der Waals surface area (Å²) in [5, 5.41) is 0. The van der Waals surface area contributed by atoms with Crippen molar-refractivity contribution in [3.63, 3.8) is 0 Å². The summed E-state index contributed by atoms with van der Waals surface area (Å²) >= 11 is 5.12. The molecule has 1 atom stereocenters. The number of thioether (sulfide) groups is 1. The normalized spacial score (nSPS) is 15.5. The first-order chi connectivity index (χ1) is 14.6. The molecule has 8 nitrogen and oxygen atoms in total. The zero-order chi connectivity index (χ0) is 23.6. The Labute approximate surface area is 196 Å². The van der Waals surface area contributed by atoms with Crippen LogP contribution in [-0.4, -0.2) is 85.8 Å². The van der Waals surface area contributed by atoms with Gasteiger partial charge in [0.05, 0.1) is 23.2 Å². The van der Waals surface area contributed by atoms with Crippen LogP contribution in [-0.2, 0) is 14.3 Å². The van der Waals surface area contributed by atoms with Crippen LogP contribution in [0.2, 0.25) is 0 Å². The predicted octanol–water partition coefficient (Wildman–Crippen LogP) is 3.58. The smallest absolute Gasteiger partial charge is 0.410 e. The van der Waals surface area contributed by atoms with Gasteiger partial charge in [0, 0.05) is 19.6 Å². The van der Waals surface area contributed by atoms with E-state index in [0.29, 0.717) is 28.9 Å². The number of carbonyl (C=O) groups excluding carboxylic acids is 3. The molecule has 1 aromatic carbocycles. The third-order valence-electron chi connectivity index (χ3n) is 4.04. The summed E-state index contributed by atoms with van der Waals surface area (Å²) in [5.41, 5.74) is -0.255. The summed E-state index contributed by atoms with van der Waals surface area (Å²) in [5.74, 6) is -0.0443. The fourth-order valence-corrected chi connectivity index (χ4v) is 3.02. The predicted molar refractivity (Wildman–Crippen MR) is 124 cm³/mol. The van der Waals surface area contributed by atoms with Crippen molar-refractivity contribution >= 4 is 46.2 Å². The zero-order valence-electron chi connectivity index (χ0n) is 19.1. The molecule has 1 heterocycles. The Hall–Kier alpha value is -2.94. The van der Waals surface area contributed by atoms with Crippen LogP contribution >= 0.6 is 27.7 Å². The fourth-order valence-electron chi connectivity index (χ4n) is 2.66. The number of nitrogens with zero attached hydrogens (tertiary/aromatic N) is 2. The number of piperazine rings is 1. The van der Waals surface area contributed by atoms with E-state index in [1.54, 1.807) is 55.6 Å². The number of ether oxygens (including phenoxy) is 3. The largest absolute Gasteiger partial charge is 0.520 e. The van der Waals surface area contributed by atoms with Gasteiger partial charge in [-0.15, -0.1) is 0 Å². The number of amides is 2. The van der Waals surface area contributed by atoms with Gasteiger partial charge in [-0.3, -0.25) is 0 Å². The number of hydrogen-bond acceptors (Lipinski definition) is 7. The van der Waals surface area contributed by atoms with E-state index in [-0.39, 0.29) is 13.2 Å². The molecule has 2 rings (SSSR count). The van der Waals surface area contributed by atoms with Gasteiger partial charge in [0.25, 0.3) is 0 Å². The van der Waals surface area contributed by atoms with E-state index in [9.17, 15) is 14.4 Å². The average Bonchev–Trinajstić information content (AvgIpc) is 2.71. The zero-order valence-corrected chi connectivity index (χ0v) is 23.9. The van der Waals surface area contributed by atoms with Crippen LogP contribution in [0, 0.1) is 0 Å². The standard InChI is InChI=1S/C19H24BrN2O6.C2H6S.Fm/c1-19(2,3)28-18(25)21-7-8-22(12-23)14(10-21)11-27-16-9-13(17(24)26-4)5-6-15(16)20;1-3-2;/h5-6,9,14H,7-8,10-11H2,1-4H3;1-2H3;/q-1;;.